The molecule has 1 saturated carbocycles. The maximum atomic E-state index is 13.5. The zero-order valence-electron chi connectivity index (χ0n) is 20.5. The van der Waals surface area contributed by atoms with Crippen LogP contribution in [0.1, 0.15) is 59.3 Å². The molecular formula is C28H40N2O2Si. The summed E-state index contributed by atoms with van der Waals surface area (Å²) in [6.45, 7) is 7.85. The Kier molecular flexibility index (Phi) is 7.42. The Bertz CT molecular complexity index is 871. The molecule has 2 fully saturated rings. The number of nitrogens with two attached hydrogens (primary N) is 1. The van der Waals surface area contributed by atoms with Gasteiger partial charge in [0, 0.05) is 12.6 Å². The molecule has 3 atom stereocenters. The zero-order valence-corrected chi connectivity index (χ0v) is 21.5. The molecule has 4 nitrogen and oxygen atoms in total. The van der Waals surface area contributed by atoms with Crippen LogP contribution in [0.3, 0.4) is 0 Å². The van der Waals surface area contributed by atoms with Crippen molar-refractivity contribution in [1.29, 1.82) is 0 Å². The normalized spacial score (nSPS) is 22.5. The van der Waals surface area contributed by atoms with E-state index < -0.39 is 14.4 Å². The molecule has 1 aliphatic heterocycles. The molecule has 1 saturated heterocycles. The molecule has 1 heterocycles. The van der Waals surface area contributed by atoms with Crippen LogP contribution in [-0.2, 0) is 9.22 Å². The first-order valence-corrected chi connectivity index (χ1v) is 14.6. The molecule has 1 amide bonds. The third-order valence-corrected chi connectivity index (χ3v) is 12.7. The molecule has 2 aliphatic rings. The van der Waals surface area contributed by atoms with Crippen LogP contribution in [0.5, 0.6) is 0 Å². The standard InChI is InChI=1S/C28H40N2O2Si/c1-28(2,3)33(23-15-6-4-7-16-23,24-17-8-5-9-18-24)32-21-25(29)27(31)30-20-12-14-22-13-10-11-19-26(22)30/h4-9,15-18,22,25-26H,10-14,19-21,29H2,1-3H3/t22-,25-,26+/m1/s1. The number of benzene rings is 2. The second-order valence-corrected chi connectivity index (χ2v) is 15.2. The monoisotopic (exact) mass is 464 g/mol. The Morgan fingerprint density at radius 3 is 2.09 bits per heavy atom. The predicted octanol–water partition coefficient (Wildman–Crippen LogP) is 4.07. The van der Waals surface area contributed by atoms with Crippen molar-refractivity contribution in [2.24, 2.45) is 11.7 Å². The Morgan fingerprint density at radius 2 is 1.52 bits per heavy atom. The van der Waals surface area contributed by atoms with Crippen molar-refractivity contribution in [3.8, 4) is 0 Å². The van der Waals surface area contributed by atoms with Crippen molar-refractivity contribution in [3.63, 3.8) is 0 Å². The predicted molar refractivity (Wildman–Crippen MR) is 138 cm³/mol. The van der Waals surface area contributed by atoms with Gasteiger partial charge in [-0.3, -0.25) is 4.79 Å². The van der Waals surface area contributed by atoms with Gasteiger partial charge in [0.2, 0.25) is 5.91 Å². The van der Waals surface area contributed by atoms with E-state index >= 15 is 0 Å². The average molecular weight is 465 g/mol. The fourth-order valence-corrected chi connectivity index (χ4v) is 10.7. The quantitative estimate of drug-likeness (QED) is 0.656. The Morgan fingerprint density at radius 1 is 0.970 bits per heavy atom. The molecule has 5 heteroatoms. The molecule has 33 heavy (non-hydrogen) atoms. The summed E-state index contributed by atoms with van der Waals surface area (Å²) in [4.78, 5) is 15.6. The van der Waals surface area contributed by atoms with E-state index in [0.29, 0.717) is 12.0 Å². The van der Waals surface area contributed by atoms with Gasteiger partial charge in [-0.15, -0.1) is 0 Å². The van der Waals surface area contributed by atoms with Gasteiger partial charge in [-0.05, 0) is 47.0 Å². The molecule has 0 bridgehead atoms. The number of carbonyl (C=O) groups is 1. The van der Waals surface area contributed by atoms with E-state index in [9.17, 15) is 4.79 Å². The number of amides is 1. The SMILES string of the molecule is CC(C)(C)[Si](OC[C@@H](N)C(=O)N1CCC[C@H]2CCCC[C@@H]21)(c1ccccc1)c1ccccc1. The minimum atomic E-state index is -2.69. The summed E-state index contributed by atoms with van der Waals surface area (Å²) >= 11 is 0. The molecule has 0 unspecified atom stereocenters. The van der Waals surface area contributed by atoms with Crippen molar-refractivity contribution in [1.82, 2.24) is 4.90 Å². The summed E-state index contributed by atoms with van der Waals surface area (Å²) in [7, 11) is -2.69. The zero-order chi connectivity index (χ0) is 23.5. The average Bonchev–Trinajstić information content (AvgIpc) is 2.84. The van der Waals surface area contributed by atoms with Crippen LogP contribution in [0.4, 0.5) is 0 Å². The van der Waals surface area contributed by atoms with Gasteiger partial charge in [-0.25, -0.2) is 0 Å². The molecule has 0 spiro atoms. The third kappa shape index (κ3) is 4.82. The molecule has 0 radical (unpaired) electrons. The van der Waals surface area contributed by atoms with Gasteiger partial charge < -0.3 is 15.1 Å². The maximum Gasteiger partial charge on any atom is 0.261 e. The van der Waals surface area contributed by atoms with Gasteiger partial charge in [-0.1, -0.05) is 94.3 Å². The summed E-state index contributed by atoms with van der Waals surface area (Å²) in [6, 6.07) is 20.9. The lowest BCUT2D eigenvalue weighted by Crippen LogP contribution is -2.68. The van der Waals surface area contributed by atoms with Crippen LogP contribution in [0, 0.1) is 5.92 Å². The number of fused-ring (bicyclic) bond motifs is 1. The van der Waals surface area contributed by atoms with E-state index in [1.165, 1.54) is 36.1 Å². The molecule has 178 valence electrons. The first kappa shape index (κ1) is 24.2. The minimum absolute atomic E-state index is 0.0736. The van der Waals surface area contributed by atoms with Crippen LogP contribution >= 0.6 is 0 Å². The van der Waals surface area contributed by atoms with Gasteiger partial charge >= 0.3 is 0 Å². The lowest BCUT2D eigenvalue weighted by Gasteiger charge is -2.46. The second-order valence-electron chi connectivity index (χ2n) is 10.9. The number of hydrogen-bond donors (Lipinski definition) is 1. The van der Waals surface area contributed by atoms with E-state index in [0.717, 1.165) is 19.4 Å². The molecule has 2 aromatic carbocycles. The molecule has 1 aliphatic carbocycles. The van der Waals surface area contributed by atoms with Crippen molar-refractivity contribution < 1.29 is 9.22 Å². The highest BCUT2D eigenvalue weighted by atomic mass is 28.4. The fourth-order valence-electron chi connectivity index (χ4n) is 6.16. The lowest BCUT2D eigenvalue weighted by molar-refractivity contribution is -0.139. The Labute approximate surface area is 200 Å². The highest BCUT2D eigenvalue weighted by Gasteiger charge is 2.50. The number of rotatable bonds is 6. The Hall–Kier alpha value is -1.95. The van der Waals surface area contributed by atoms with Crippen LogP contribution < -0.4 is 16.1 Å². The third-order valence-electron chi connectivity index (χ3n) is 7.74. The lowest BCUT2D eigenvalue weighted by atomic mass is 9.78. The summed E-state index contributed by atoms with van der Waals surface area (Å²) in [5.41, 5.74) is 6.58. The molecule has 4 rings (SSSR count). The minimum Gasteiger partial charge on any atom is -0.405 e. The maximum absolute atomic E-state index is 13.5. The van der Waals surface area contributed by atoms with Crippen LogP contribution in [0.15, 0.2) is 60.7 Å². The Balaban J connectivity index is 1.60. The highest BCUT2D eigenvalue weighted by molar-refractivity contribution is 6.99. The summed E-state index contributed by atoms with van der Waals surface area (Å²) < 4.78 is 6.94. The van der Waals surface area contributed by atoms with Gasteiger partial charge in [-0.2, -0.15) is 0 Å². The topological polar surface area (TPSA) is 55.6 Å². The van der Waals surface area contributed by atoms with Crippen LogP contribution in [0.2, 0.25) is 5.04 Å². The largest absolute Gasteiger partial charge is 0.405 e. The number of hydrogen-bond acceptors (Lipinski definition) is 3. The van der Waals surface area contributed by atoms with Crippen molar-refractivity contribution >= 4 is 24.6 Å². The molecule has 2 N–H and O–H groups in total. The van der Waals surface area contributed by atoms with E-state index in [4.69, 9.17) is 10.2 Å². The first-order valence-electron chi connectivity index (χ1n) is 12.7. The van der Waals surface area contributed by atoms with Crippen molar-refractivity contribution in [3.05, 3.63) is 60.7 Å². The van der Waals surface area contributed by atoms with Gasteiger partial charge in [0.05, 0.1) is 6.61 Å². The van der Waals surface area contributed by atoms with Gasteiger partial charge in [0.15, 0.2) is 0 Å². The van der Waals surface area contributed by atoms with Crippen LogP contribution in [-0.4, -0.2) is 44.4 Å². The summed E-state index contributed by atoms with van der Waals surface area (Å²) in [5.74, 6) is 0.728. The van der Waals surface area contributed by atoms with E-state index in [2.05, 4.69) is 74.2 Å². The number of likely N-dealkylation sites (tertiary alicyclic amines) is 1. The number of carbonyl (C=O) groups excluding carboxylic acids is 1. The fraction of sp³-hybridized carbons (Fsp3) is 0.536. The van der Waals surface area contributed by atoms with E-state index in [1.807, 2.05) is 12.1 Å². The highest BCUT2D eigenvalue weighted by Crippen LogP contribution is 2.38. The molecular weight excluding hydrogens is 424 g/mol. The van der Waals surface area contributed by atoms with Gasteiger partial charge in [0.25, 0.3) is 8.32 Å². The molecule has 2 aromatic rings. The van der Waals surface area contributed by atoms with E-state index in [-0.39, 0.29) is 17.6 Å². The number of piperidine rings is 1. The van der Waals surface area contributed by atoms with E-state index in [1.54, 1.807) is 0 Å². The second kappa shape index (κ2) is 10.1. The smallest absolute Gasteiger partial charge is 0.261 e. The number of nitrogens with zero attached hydrogens (tertiary/aromatic N) is 1. The van der Waals surface area contributed by atoms with Crippen molar-refractivity contribution in [2.45, 2.75) is 76.4 Å². The summed E-state index contributed by atoms with van der Waals surface area (Å²) in [6.07, 6.45) is 7.24. The van der Waals surface area contributed by atoms with Gasteiger partial charge in [0.1, 0.15) is 6.04 Å². The van der Waals surface area contributed by atoms with Crippen LogP contribution in [0.25, 0.3) is 0 Å². The molecule has 0 aromatic heterocycles. The first-order chi connectivity index (χ1) is 15.8. The summed E-state index contributed by atoms with van der Waals surface area (Å²) in [5, 5.41) is 2.31. The van der Waals surface area contributed by atoms with Crippen molar-refractivity contribution in [2.75, 3.05) is 13.2 Å².